The molecule has 1 aliphatic carbocycles. The highest BCUT2D eigenvalue weighted by Gasteiger charge is 2.33. The summed E-state index contributed by atoms with van der Waals surface area (Å²) < 4.78 is 0. The van der Waals surface area contributed by atoms with Crippen molar-refractivity contribution in [2.24, 2.45) is 5.92 Å². The quantitative estimate of drug-likeness (QED) is 0.774. The molecule has 2 nitrogen and oxygen atoms in total. The molecule has 1 aliphatic rings. The molecule has 1 N–H and O–H groups in total. The third kappa shape index (κ3) is 2.43. The lowest BCUT2D eigenvalue weighted by atomic mass is 9.79. The van der Waals surface area contributed by atoms with E-state index in [1.54, 1.807) is 12.4 Å². The molecule has 0 amide bonds. The summed E-state index contributed by atoms with van der Waals surface area (Å²) in [7, 11) is 0. The molecule has 0 aliphatic heterocycles. The summed E-state index contributed by atoms with van der Waals surface area (Å²) in [5.41, 5.74) is 0.250. The maximum atomic E-state index is 10.7. The van der Waals surface area contributed by atoms with Crippen molar-refractivity contribution in [3.8, 4) is 0 Å². The van der Waals surface area contributed by atoms with E-state index in [0.29, 0.717) is 5.92 Å². The Morgan fingerprint density at radius 3 is 2.50 bits per heavy atom. The smallest absolute Gasteiger partial charge is 0.0911 e. The van der Waals surface area contributed by atoms with Crippen LogP contribution in [0, 0.1) is 5.92 Å². The molecule has 0 spiro atoms. The number of aliphatic hydroxyl groups is 1. The van der Waals surface area contributed by atoms with Crippen LogP contribution in [0.3, 0.4) is 0 Å². The molecule has 1 fully saturated rings. The zero-order valence-electron chi connectivity index (χ0n) is 10.0. The van der Waals surface area contributed by atoms with Crippen molar-refractivity contribution in [2.45, 2.75) is 51.0 Å². The van der Waals surface area contributed by atoms with Gasteiger partial charge in [0.2, 0.25) is 0 Å². The third-order valence-corrected chi connectivity index (χ3v) is 3.90. The molecule has 0 bridgehead atoms. The van der Waals surface area contributed by atoms with E-state index < -0.39 is 5.60 Å². The molecule has 1 aromatic rings. The number of nitrogens with zero attached hydrogens (tertiary/aromatic N) is 1. The Hall–Kier alpha value is -0.890. The highest BCUT2D eigenvalue weighted by molar-refractivity contribution is 5.18. The topological polar surface area (TPSA) is 33.1 Å². The first-order valence-corrected chi connectivity index (χ1v) is 6.34. The zero-order valence-corrected chi connectivity index (χ0v) is 10.0. The standard InChI is InChI=1S/C14H21NO/c1-14(16,13-9-6-10-15-11-13)12-7-4-2-3-5-8-12/h6,9-12,16H,2-5,7-8H2,1H3. The van der Waals surface area contributed by atoms with Gasteiger partial charge in [-0.05, 0) is 31.7 Å². The van der Waals surface area contributed by atoms with Crippen molar-refractivity contribution in [1.29, 1.82) is 0 Å². The second-order valence-electron chi connectivity index (χ2n) is 5.08. The van der Waals surface area contributed by atoms with Gasteiger partial charge in [0.05, 0.1) is 5.60 Å². The Balaban J connectivity index is 2.16. The van der Waals surface area contributed by atoms with Gasteiger partial charge >= 0.3 is 0 Å². The van der Waals surface area contributed by atoms with Crippen LogP contribution in [0.15, 0.2) is 24.5 Å². The van der Waals surface area contributed by atoms with Gasteiger partial charge in [-0.1, -0.05) is 31.7 Å². The van der Waals surface area contributed by atoms with Crippen molar-refractivity contribution in [1.82, 2.24) is 4.98 Å². The van der Waals surface area contributed by atoms with Crippen molar-refractivity contribution < 1.29 is 5.11 Å². The largest absolute Gasteiger partial charge is 0.385 e. The number of hydrogen-bond acceptors (Lipinski definition) is 2. The second kappa shape index (κ2) is 4.96. The average Bonchev–Trinajstić information content (AvgIpc) is 2.59. The summed E-state index contributed by atoms with van der Waals surface area (Å²) in [5.74, 6) is 0.388. The maximum Gasteiger partial charge on any atom is 0.0911 e. The van der Waals surface area contributed by atoms with Gasteiger partial charge in [-0.25, -0.2) is 0 Å². The minimum Gasteiger partial charge on any atom is -0.385 e. The molecule has 1 heterocycles. The van der Waals surface area contributed by atoms with Crippen LogP contribution in [0.4, 0.5) is 0 Å². The van der Waals surface area contributed by atoms with E-state index in [-0.39, 0.29) is 0 Å². The molecule has 2 rings (SSSR count). The van der Waals surface area contributed by atoms with Crippen LogP contribution >= 0.6 is 0 Å². The van der Waals surface area contributed by atoms with E-state index in [2.05, 4.69) is 4.98 Å². The first-order chi connectivity index (χ1) is 7.71. The van der Waals surface area contributed by atoms with E-state index in [0.717, 1.165) is 18.4 Å². The molecule has 88 valence electrons. The molecule has 16 heavy (non-hydrogen) atoms. The lowest BCUT2D eigenvalue weighted by Crippen LogP contribution is -2.31. The van der Waals surface area contributed by atoms with Crippen LogP contribution in [-0.2, 0) is 5.60 Å². The molecule has 1 atom stereocenters. The predicted molar refractivity (Wildman–Crippen MR) is 65.0 cm³/mol. The third-order valence-electron chi connectivity index (χ3n) is 3.90. The summed E-state index contributed by atoms with van der Waals surface area (Å²) in [5, 5.41) is 10.7. The molecule has 1 aromatic heterocycles. The molecular weight excluding hydrogens is 198 g/mol. The fourth-order valence-corrected chi connectivity index (χ4v) is 2.74. The number of aromatic nitrogens is 1. The highest BCUT2D eigenvalue weighted by Crippen LogP contribution is 2.37. The van der Waals surface area contributed by atoms with E-state index in [4.69, 9.17) is 0 Å². The van der Waals surface area contributed by atoms with Gasteiger partial charge < -0.3 is 5.11 Å². The van der Waals surface area contributed by atoms with Crippen molar-refractivity contribution >= 4 is 0 Å². The van der Waals surface area contributed by atoms with Gasteiger partial charge in [0.15, 0.2) is 0 Å². The fraction of sp³-hybridized carbons (Fsp3) is 0.643. The average molecular weight is 219 g/mol. The molecule has 2 heteroatoms. The minimum atomic E-state index is -0.710. The summed E-state index contributed by atoms with van der Waals surface area (Å²) in [6.45, 7) is 1.94. The SMILES string of the molecule is CC(O)(c1cccnc1)C1CCCCCC1. The normalized spacial score (nSPS) is 22.4. The van der Waals surface area contributed by atoms with Crippen molar-refractivity contribution in [3.63, 3.8) is 0 Å². The van der Waals surface area contributed by atoms with Gasteiger partial charge in [0.1, 0.15) is 0 Å². The fourth-order valence-electron chi connectivity index (χ4n) is 2.74. The number of hydrogen-bond donors (Lipinski definition) is 1. The van der Waals surface area contributed by atoms with Gasteiger partial charge in [-0.15, -0.1) is 0 Å². The first-order valence-electron chi connectivity index (χ1n) is 6.34. The lowest BCUT2D eigenvalue weighted by molar-refractivity contribution is -0.0129. The summed E-state index contributed by atoms with van der Waals surface area (Å²) >= 11 is 0. The monoisotopic (exact) mass is 219 g/mol. The van der Waals surface area contributed by atoms with E-state index in [9.17, 15) is 5.11 Å². The van der Waals surface area contributed by atoms with Crippen molar-refractivity contribution in [3.05, 3.63) is 30.1 Å². The summed E-state index contributed by atoms with van der Waals surface area (Å²) in [6, 6.07) is 3.89. The van der Waals surface area contributed by atoms with Crippen LogP contribution in [-0.4, -0.2) is 10.1 Å². The lowest BCUT2D eigenvalue weighted by Gasteiger charge is -2.32. The van der Waals surface area contributed by atoms with E-state index in [1.165, 1.54) is 25.7 Å². The zero-order chi connectivity index (χ0) is 11.4. The molecule has 0 saturated heterocycles. The Bertz CT molecular complexity index is 313. The van der Waals surface area contributed by atoms with Gasteiger partial charge in [0, 0.05) is 18.0 Å². The molecule has 0 aromatic carbocycles. The Kier molecular flexibility index (Phi) is 3.59. The van der Waals surface area contributed by atoms with E-state index in [1.807, 2.05) is 19.1 Å². The Morgan fingerprint density at radius 2 is 1.94 bits per heavy atom. The molecule has 1 unspecified atom stereocenters. The van der Waals surface area contributed by atoms with Crippen molar-refractivity contribution in [2.75, 3.05) is 0 Å². The van der Waals surface area contributed by atoms with Crippen LogP contribution in [0.1, 0.15) is 51.0 Å². The molecule has 0 radical (unpaired) electrons. The minimum absolute atomic E-state index is 0.388. The van der Waals surface area contributed by atoms with Crippen LogP contribution in [0.2, 0.25) is 0 Å². The summed E-state index contributed by atoms with van der Waals surface area (Å²) in [6.07, 6.45) is 11.0. The maximum absolute atomic E-state index is 10.7. The molecular formula is C14H21NO. The molecule has 1 saturated carbocycles. The summed E-state index contributed by atoms with van der Waals surface area (Å²) in [4.78, 5) is 4.11. The van der Waals surface area contributed by atoms with Gasteiger partial charge in [0.25, 0.3) is 0 Å². The number of rotatable bonds is 2. The highest BCUT2D eigenvalue weighted by atomic mass is 16.3. The predicted octanol–water partition coefficient (Wildman–Crippen LogP) is 3.26. The second-order valence-corrected chi connectivity index (χ2v) is 5.08. The van der Waals surface area contributed by atoms with Gasteiger partial charge in [-0.3, -0.25) is 4.98 Å². The van der Waals surface area contributed by atoms with Crippen LogP contribution in [0.5, 0.6) is 0 Å². The Labute approximate surface area is 97.7 Å². The van der Waals surface area contributed by atoms with Crippen LogP contribution in [0.25, 0.3) is 0 Å². The van der Waals surface area contributed by atoms with Crippen LogP contribution < -0.4 is 0 Å². The Morgan fingerprint density at radius 1 is 1.25 bits per heavy atom. The van der Waals surface area contributed by atoms with Gasteiger partial charge in [-0.2, -0.15) is 0 Å². The first kappa shape index (κ1) is 11.6. The van der Waals surface area contributed by atoms with E-state index >= 15 is 0 Å². The number of pyridine rings is 1.